The molecule has 2 aromatic rings. The number of methoxy groups -OCH3 is 3. The molecule has 1 aromatic carbocycles. The summed E-state index contributed by atoms with van der Waals surface area (Å²) in [6, 6.07) is 7.54. The zero-order chi connectivity index (χ0) is 29.5. The van der Waals surface area contributed by atoms with Gasteiger partial charge in [-0.05, 0) is 56.2 Å². The predicted octanol–water partition coefficient (Wildman–Crippen LogP) is 2.53. The highest BCUT2D eigenvalue weighted by Crippen LogP contribution is 2.49. The molecule has 11 heteroatoms. The van der Waals surface area contributed by atoms with Gasteiger partial charge in [-0.25, -0.2) is 0 Å². The van der Waals surface area contributed by atoms with E-state index in [0.29, 0.717) is 35.1 Å². The number of ether oxygens (including phenoxy) is 4. The van der Waals surface area contributed by atoms with E-state index < -0.39 is 11.1 Å². The second-order valence-corrected chi connectivity index (χ2v) is 10.8. The van der Waals surface area contributed by atoms with Crippen molar-refractivity contribution in [2.24, 2.45) is 7.05 Å². The number of carbonyl (C=O) groups is 1. The molecule has 41 heavy (non-hydrogen) atoms. The maximum atomic E-state index is 13.5. The standard InChI is InChI=1S/C30H37N5O6/c1-29(2,9-11-36)35(4)28(37)27-22-17-41-25-16-30(40-7,18-12-19(38-5)14-20(13-18)39-6)23(24-8-10-34(3)33-24)15-21(25)26(22)31-32-27/h8,10,12-16,31-32,36H,9,11,17H2,1-7H3. The molecule has 3 heterocycles. The Labute approximate surface area is 239 Å². The Morgan fingerprint density at radius 3 is 2.49 bits per heavy atom. The Balaban J connectivity index is 1.67. The molecule has 0 bridgehead atoms. The molecule has 11 nitrogen and oxygen atoms in total. The maximum absolute atomic E-state index is 13.5. The summed E-state index contributed by atoms with van der Waals surface area (Å²) >= 11 is 0. The van der Waals surface area contributed by atoms with Crippen LogP contribution in [0.3, 0.4) is 0 Å². The molecule has 0 spiro atoms. The van der Waals surface area contributed by atoms with Crippen molar-refractivity contribution in [2.45, 2.75) is 31.4 Å². The first-order valence-corrected chi connectivity index (χ1v) is 13.3. The lowest BCUT2D eigenvalue weighted by Gasteiger charge is -2.38. The summed E-state index contributed by atoms with van der Waals surface area (Å²) in [5, 5.41) is 14.2. The van der Waals surface area contributed by atoms with E-state index >= 15 is 0 Å². The van der Waals surface area contributed by atoms with E-state index in [1.807, 2.05) is 57.4 Å². The van der Waals surface area contributed by atoms with Gasteiger partial charge in [0.15, 0.2) is 0 Å². The zero-order valence-corrected chi connectivity index (χ0v) is 24.5. The summed E-state index contributed by atoms with van der Waals surface area (Å²) in [6.45, 7) is 4.00. The Morgan fingerprint density at radius 2 is 1.90 bits per heavy atom. The minimum absolute atomic E-state index is 0.0176. The summed E-state index contributed by atoms with van der Waals surface area (Å²) in [7, 11) is 8.45. The third kappa shape index (κ3) is 4.74. The van der Waals surface area contributed by atoms with Gasteiger partial charge in [-0.3, -0.25) is 20.3 Å². The highest BCUT2D eigenvalue weighted by molar-refractivity contribution is 5.96. The lowest BCUT2D eigenvalue weighted by Crippen LogP contribution is -2.48. The van der Waals surface area contributed by atoms with Gasteiger partial charge >= 0.3 is 0 Å². The van der Waals surface area contributed by atoms with E-state index in [9.17, 15) is 9.90 Å². The van der Waals surface area contributed by atoms with Gasteiger partial charge in [0, 0.05) is 62.3 Å². The molecule has 0 saturated heterocycles. The van der Waals surface area contributed by atoms with Crippen LogP contribution in [0, 0.1) is 0 Å². The fraction of sp³-hybridized carbons (Fsp3) is 0.400. The van der Waals surface area contributed by atoms with Gasteiger partial charge < -0.3 is 29.0 Å². The number of hydrogen-bond donors (Lipinski definition) is 3. The molecule has 1 unspecified atom stereocenters. The topological polar surface area (TPSA) is 119 Å². The number of likely N-dealkylation sites (N-methyl/N-ethyl adjacent to an activating group) is 1. The van der Waals surface area contributed by atoms with E-state index in [0.717, 1.165) is 28.0 Å². The molecule has 218 valence electrons. The van der Waals surface area contributed by atoms with Crippen LogP contribution in [-0.2, 0) is 26.9 Å². The number of carbonyl (C=O) groups excluding carboxylic acids is 1. The predicted molar refractivity (Wildman–Crippen MR) is 152 cm³/mol. The van der Waals surface area contributed by atoms with Crippen LogP contribution in [-0.4, -0.2) is 72.8 Å². The molecule has 1 aliphatic carbocycles. The largest absolute Gasteiger partial charge is 0.497 e. The van der Waals surface area contributed by atoms with Gasteiger partial charge in [-0.1, -0.05) is 0 Å². The first-order chi connectivity index (χ1) is 19.6. The van der Waals surface area contributed by atoms with Crippen molar-refractivity contribution >= 4 is 11.5 Å². The van der Waals surface area contributed by atoms with Gasteiger partial charge in [0.25, 0.3) is 5.91 Å². The number of aliphatic hydroxyl groups is 1. The summed E-state index contributed by atoms with van der Waals surface area (Å²) in [6.07, 6.45) is 6.25. The third-order valence-electron chi connectivity index (χ3n) is 8.09. The molecule has 2 aliphatic heterocycles. The second kappa shape index (κ2) is 10.6. The Bertz CT molecular complexity index is 1480. The number of aromatic nitrogens is 2. The van der Waals surface area contributed by atoms with Crippen LogP contribution in [0.15, 0.2) is 70.9 Å². The highest BCUT2D eigenvalue weighted by Gasteiger charge is 2.44. The quantitative estimate of drug-likeness (QED) is 0.423. The van der Waals surface area contributed by atoms with Crippen molar-refractivity contribution in [1.29, 1.82) is 0 Å². The smallest absolute Gasteiger partial charge is 0.272 e. The van der Waals surface area contributed by atoms with Crippen molar-refractivity contribution in [3.05, 3.63) is 82.2 Å². The third-order valence-corrected chi connectivity index (χ3v) is 8.09. The van der Waals surface area contributed by atoms with Crippen molar-refractivity contribution in [3.63, 3.8) is 0 Å². The number of benzene rings is 1. The highest BCUT2D eigenvalue weighted by atomic mass is 16.5. The first-order valence-electron chi connectivity index (χ1n) is 13.3. The molecular weight excluding hydrogens is 526 g/mol. The van der Waals surface area contributed by atoms with Crippen LogP contribution < -0.4 is 20.3 Å². The van der Waals surface area contributed by atoms with E-state index in [-0.39, 0.29) is 19.1 Å². The average molecular weight is 564 g/mol. The van der Waals surface area contributed by atoms with Gasteiger partial charge in [-0.2, -0.15) is 5.10 Å². The van der Waals surface area contributed by atoms with Gasteiger partial charge in [-0.15, -0.1) is 0 Å². The zero-order valence-electron chi connectivity index (χ0n) is 24.5. The fourth-order valence-electron chi connectivity index (χ4n) is 5.34. The normalized spacial score (nSPS) is 19.8. The Hall–Kier alpha value is -4.22. The van der Waals surface area contributed by atoms with Gasteiger partial charge in [0.1, 0.15) is 35.2 Å². The monoisotopic (exact) mass is 563 g/mol. The number of aryl methyl sites for hydroxylation is 1. The molecule has 1 aromatic heterocycles. The molecule has 0 saturated carbocycles. The number of amides is 1. The van der Waals surface area contributed by atoms with E-state index in [4.69, 9.17) is 24.0 Å². The van der Waals surface area contributed by atoms with Crippen LogP contribution >= 0.6 is 0 Å². The number of hydrazine groups is 1. The number of fused-ring (bicyclic) bond motifs is 2. The van der Waals surface area contributed by atoms with E-state index in [1.54, 1.807) is 44.0 Å². The second-order valence-electron chi connectivity index (χ2n) is 10.8. The molecule has 1 atom stereocenters. The average Bonchev–Trinajstić information content (AvgIpc) is 3.61. The van der Waals surface area contributed by atoms with Crippen molar-refractivity contribution in [1.82, 2.24) is 25.5 Å². The van der Waals surface area contributed by atoms with Crippen molar-refractivity contribution < 1.29 is 28.8 Å². The SMILES string of the molecule is COc1cc(OC)cc(C2(OC)C=C3OCC4=C(C(=O)N(C)C(C)(C)CCO)NNC4=C3C=C2c2ccn(C)n2)c1. The molecule has 3 N–H and O–H groups in total. The minimum atomic E-state index is -1.09. The number of allylic oxidation sites excluding steroid dienone is 1. The van der Waals surface area contributed by atoms with E-state index in [2.05, 4.69) is 10.9 Å². The number of hydrogen-bond acceptors (Lipinski definition) is 9. The fourth-order valence-corrected chi connectivity index (χ4v) is 5.34. The number of nitrogens with zero attached hydrogens (tertiary/aromatic N) is 3. The van der Waals surface area contributed by atoms with Gasteiger partial charge in [0.2, 0.25) is 0 Å². The van der Waals surface area contributed by atoms with Crippen molar-refractivity contribution in [3.8, 4) is 11.5 Å². The van der Waals surface area contributed by atoms with Gasteiger partial charge in [0.05, 0.1) is 25.6 Å². The maximum Gasteiger partial charge on any atom is 0.272 e. The molecular formula is C30H37N5O6. The lowest BCUT2D eigenvalue weighted by atomic mass is 9.77. The molecule has 1 amide bonds. The van der Waals surface area contributed by atoms with Crippen LogP contribution in [0.4, 0.5) is 0 Å². The summed E-state index contributed by atoms with van der Waals surface area (Å²) in [4.78, 5) is 15.2. The number of nitrogens with one attached hydrogen (secondary N) is 2. The van der Waals surface area contributed by atoms with Crippen LogP contribution in [0.25, 0.3) is 5.57 Å². The molecule has 0 fully saturated rings. The molecule has 3 aliphatic rings. The number of aliphatic hydroxyl groups excluding tert-OH is 1. The van der Waals surface area contributed by atoms with Crippen LogP contribution in [0.1, 0.15) is 31.5 Å². The summed E-state index contributed by atoms with van der Waals surface area (Å²) < 4.78 is 25.5. The Morgan fingerprint density at radius 1 is 1.20 bits per heavy atom. The molecule has 0 radical (unpaired) electrons. The van der Waals surface area contributed by atoms with Crippen molar-refractivity contribution in [2.75, 3.05) is 41.6 Å². The Kier molecular flexibility index (Phi) is 7.35. The first kappa shape index (κ1) is 28.3. The lowest BCUT2D eigenvalue weighted by molar-refractivity contribution is -0.131. The minimum Gasteiger partial charge on any atom is -0.497 e. The van der Waals surface area contributed by atoms with Crippen LogP contribution in [0.2, 0.25) is 0 Å². The summed E-state index contributed by atoms with van der Waals surface area (Å²) in [5.41, 5.74) is 9.57. The van der Waals surface area contributed by atoms with Crippen LogP contribution in [0.5, 0.6) is 11.5 Å². The summed E-state index contributed by atoms with van der Waals surface area (Å²) in [5.74, 6) is 1.64. The van der Waals surface area contributed by atoms with E-state index in [1.165, 1.54) is 0 Å². The number of rotatable bonds is 9. The molecule has 5 rings (SSSR count).